The Labute approximate surface area is 177 Å². The van der Waals surface area contributed by atoms with Crippen LogP contribution in [0.4, 0.5) is 22.0 Å². The number of pyridine rings is 1. The molecule has 3 fully saturated rings. The van der Waals surface area contributed by atoms with Crippen molar-refractivity contribution in [2.75, 3.05) is 7.11 Å². The van der Waals surface area contributed by atoms with Crippen LogP contribution in [0.3, 0.4) is 0 Å². The molecule has 2 bridgehead atoms. The molecule has 32 heavy (non-hydrogen) atoms. The zero-order valence-corrected chi connectivity index (χ0v) is 16.5. The number of halogens is 5. The number of aromatic nitrogens is 1. The highest BCUT2D eigenvalue weighted by Gasteiger charge is 2.71. The zero-order chi connectivity index (χ0) is 23.5. The molecule has 3 saturated carbocycles. The number of rotatable bonds is 6. The Kier molecular flexibility index (Phi) is 4.79. The number of nitrogens with one attached hydrogen (secondary N) is 1. The number of nitrogens with zero attached hydrogens (tertiary/aromatic N) is 1. The molecule has 0 radical (unpaired) electrons. The van der Waals surface area contributed by atoms with E-state index in [0.717, 1.165) is 19.2 Å². The number of nitrogens with two attached hydrogens (primary N) is 1. The number of carbonyl (C=O) groups excluding carboxylic acids is 2. The van der Waals surface area contributed by atoms with Crippen molar-refractivity contribution < 1.29 is 41.0 Å². The first-order valence-corrected chi connectivity index (χ1v) is 9.29. The summed E-state index contributed by atoms with van der Waals surface area (Å²) in [6.45, 7) is 0. The molecular formula is C20H16F5N3O4. The van der Waals surface area contributed by atoms with E-state index in [9.17, 15) is 31.5 Å². The molecule has 1 aromatic heterocycles. The SMILES string of the molecule is COc1c(Oc2ncc(C(F)(F)F)cc2C(=O)NC23CC(C(N)=O)(C2)C3)ccc(F)c1F. The summed E-state index contributed by atoms with van der Waals surface area (Å²) in [6, 6.07) is 2.25. The van der Waals surface area contributed by atoms with Crippen LogP contribution >= 0.6 is 0 Å². The second-order valence-electron chi connectivity index (χ2n) is 7.98. The van der Waals surface area contributed by atoms with Crippen LogP contribution in [0.1, 0.15) is 35.2 Å². The summed E-state index contributed by atoms with van der Waals surface area (Å²) in [5.74, 6) is -5.67. The minimum absolute atomic E-state index is 0.278. The Morgan fingerprint density at radius 2 is 1.84 bits per heavy atom. The largest absolute Gasteiger partial charge is 0.490 e. The molecule has 170 valence electrons. The van der Waals surface area contributed by atoms with Gasteiger partial charge in [-0.3, -0.25) is 9.59 Å². The molecule has 1 aromatic carbocycles. The van der Waals surface area contributed by atoms with Gasteiger partial charge < -0.3 is 20.5 Å². The summed E-state index contributed by atoms with van der Waals surface area (Å²) < 4.78 is 77.1. The standard InChI is InChI=1S/C20H16F5N3O4/c1-31-14-12(3-2-11(21)13(14)22)32-16-10(4-9(5-27-16)20(23,24)25)15(29)28-19-6-18(7-19,8-19)17(26)30/h2-5H,6-8H2,1H3,(H2,26,30)(H,28,29). The van der Waals surface area contributed by atoms with Crippen molar-refractivity contribution in [2.24, 2.45) is 11.1 Å². The van der Waals surface area contributed by atoms with Gasteiger partial charge in [0.15, 0.2) is 11.6 Å². The van der Waals surface area contributed by atoms with E-state index in [1.807, 2.05) is 0 Å². The lowest BCUT2D eigenvalue weighted by Gasteiger charge is -2.68. The molecule has 3 aliphatic rings. The molecule has 3 aliphatic carbocycles. The van der Waals surface area contributed by atoms with Gasteiger partial charge in [-0.2, -0.15) is 17.6 Å². The van der Waals surface area contributed by atoms with E-state index >= 15 is 0 Å². The molecule has 0 aliphatic heterocycles. The molecule has 1 heterocycles. The third-order valence-electron chi connectivity index (χ3n) is 5.78. The van der Waals surface area contributed by atoms with Gasteiger partial charge in [-0.1, -0.05) is 0 Å². The minimum Gasteiger partial charge on any atom is -0.490 e. The third kappa shape index (κ3) is 3.39. The van der Waals surface area contributed by atoms with E-state index in [1.54, 1.807) is 0 Å². The maximum Gasteiger partial charge on any atom is 0.417 e. The lowest BCUT2D eigenvalue weighted by molar-refractivity contribution is -0.174. The number of methoxy groups -OCH3 is 1. The zero-order valence-electron chi connectivity index (χ0n) is 16.5. The fourth-order valence-electron chi connectivity index (χ4n) is 4.23. The molecule has 3 N–H and O–H groups in total. The van der Waals surface area contributed by atoms with Gasteiger partial charge in [0.2, 0.25) is 23.4 Å². The first-order valence-electron chi connectivity index (χ1n) is 9.29. The topological polar surface area (TPSA) is 104 Å². The number of amides is 2. The quantitative estimate of drug-likeness (QED) is 0.648. The molecule has 2 amide bonds. The van der Waals surface area contributed by atoms with Crippen LogP contribution in [-0.4, -0.2) is 29.4 Å². The predicted molar refractivity (Wildman–Crippen MR) is 97.9 cm³/mol. The van der Waals surface area contributed by atoms with E-state index in [0.29, 0.717) is 12.3 Å². The summed E-state index contributed by atoms with van der Waals surface area (Å²) in [4.78, 5) is 27.9. The van der Waals surface area contributed by atoms with Gasteiger partial charge in [-0.15, -0.1) is 0 Å². The van der Waals surface area contributed by atoms with Crippen LogP contribution < -0.4 is 20.5 Å². The highest BCUT2D eigenvalue weighted by Crippen LogP contribution is 2.67. The van der Waals surface area contributed by atoms with Crippen molar-refractivity contribution in [1.82, 2.24) is 10.3 Å². The number of hydrogen-bond donors (Lipinski definition) is 2. The molecule has 5 rings (SSSR count). The maximum atomic E-state index is 14.0. The summed E-state index contributed by atoms with van der Waals surface area (Å²) in [5.41, 5.74) is 2.08. The normalized spacial score (nSPS) is 23.6. The van der Waals surface area contributed by atoms with E-state index in [-0.39, 0.29) is 19.3 Å². The van der Waals surface area contributed by atoms with E-state index in [2.05, 4.69) is 10.3 Å². The highest BCUT2D eigenvalue weighted by molar-refractivity contribution is 5.98. The van der Waals surface area contributed by atoms with Crippen LogP contribution in [0, 0.1) is 17.0 Å². The fourth-order valence-corrected chi connectivity index (χ4v) is 4.23. The van der Waals surface area contributed by atoms with Crippen LogP contribution in [0.2, 0.25) is 0 Å². The van der Waals surface area contributed by atoms with Crippen LogP contribution in [-0.2, 0) is 11.0 Å². The molecule has 0 spiro atoms. The number of carbonyl (C=O) groups is 2. The lowest BCUT2D eigenvalue weighted by Crippen LogP contribution is -2.78. The minimum atomic E-state index is -4.80. The summed E-state index contributed by atoms with van der Waals surface area (Å²) >= 11 is 0. The highest BCUT2D eigenvalue weighted by atomic mass is 19.4. The number of hydrogen-bond acceptors (Lipinski definition) is 5. The molecule has 2 aromatic rings. The first-order chi connectivity index (χ1) is 14.9. The summed E-state index contributed by atoms with van der Waals surface area (Å²) in [5, 5.41) is 2.61. The van der Waals surface area contributed by atoms with Crippen molar-refractivity contribution in [1.29, 1.82) is 0 Å². The molecule has 0 atom stereocenters. The van der Waals surface area contributed by atoms with Crippen molar-refractivity contribution >= 4 is 11.8 Å². The van der Waals surface area contributed by atoms with E-state index < -0.39 is 69.1 Å². The van der Waals surface area contributed by atoms with Crippen molar-refractivity contribution in [2.45, 2.75) is 31.0 Å². The molecule has 0 saturated heterocycles. The molecule has 0 unspecified atom stereocenters. The van der Waals surface area contributed by atoms with Gasteiger partial charge >= 0.3 is 6.18 Å². The second kappa shape index (κ2) is 7.04. The van der Waals surface area contributed by atoms with Crippen LogP contribution in [0.25, 0.3) is 0 Å². The maximum absolute atomic E-state index is 14.0. The number of ether oxygens (including phenoxy) is 2. The Hall–Kier alpha value is -3.44. The Morgan fingerprint density at radius 3 is 2.41 bits per heavy atom. The summed E-state index contributed by atoms with van der Waals surface area (Å²) in [7, 11) is 1.04. The number of alkyl halides is 3. The average molecular weight is 457 g/mol. The predicted octanol–water partition coefficient (Wildman–Crippen LogP) is 3.32. The fraction of sp³-hybridized carbons (Fsp3) is 0.350. The molecule has 12 heteroatoms. The Morgan fingerprint density at radius 1 is 1.19 bits per heavy atom. The smallest absolute Gasteiger partial charge is 0.417 e. The van der Waals surface area contributed by atoms with Gasteiger partial charge in [0, 0.05) is 11.7 Å². The van der Waals surface area contributed by atoms with Gasteiger partial charge in [-0.05, 0) is 37.5 Å². The monoisotopic (exact) mass is 457 g/mol. The lowest BCUT2D eigenvalue weighted by atomic mass is 9.39. The second-order valence-corrected chi connectivity index (χ2v) is 7.98. The van der Waals surface area contributed by atoms with Gasteiger partial charge in [0.1, 0.15) is 5.56 Å². The van der Waals surface area contributed by atoms with Crippen molar-refractivity contribution in [3.8, 4) is 17.4 Å². The van der Waals surface area contributed by atoms with Crippen molar-refractivity contribution in [3.05, 3.63) is 47.2 Å². The number of primary amides is 1. The summed E-state index contributed by atoms with van der Waals surface area (Å²) in [6.07, 6.45) is -3.52. The Bertz CT molecular complexity index is 1120. The van der Waals surface area contributed by atoms with Crippen LogP contribution in [0.15, 0.2) is 24.4 Å². The Balaban J connectivity index is 1.66. The van der Waals surface area contributed by atoms with E-state index in [4.69, 9.17) is 15.2 Å². The average Bonchev–Trinajstić information content (AvgIpc) is 2.65. The molecule has 7 nitrogen and oxygen atoms in total. The third-order valence-corrected chi connectivity index (χ3v) is 5.78. The van der Waals surface area contributed by atoms with E-state index in [1.165, 1.54) is 0 Å². The molecular weight excluding hydrogens is 441 g/mol. The first kappa shape index (κ1) is 21.8. The van der Waals surface area contributed by atoms with Gasteiger partial charge in [-0.25, -0.2) is 9.37 Å². The van der Waals surface area contributed by atoms with Gasteiger partial charge in [0.05, 0.1) is 18.1 Å². The number of benzene rings is 1. The van der Waals surface area contributed by atoms with Crippen LogP contribution in [0.5, 0.6) is 17.4 Å². The van der Waals surface area contributed by atoms with Crippen molar-refractivity contribution in [3.63, 3.8) is 0 Å². The van der Waals surface area contributed by atoms with Gasteiger partial charge in [0.25, 0.3) is 5.91 Å².